The Morgan fingerprint density at radius 1 is 0.403 bits per heavy atom. The van der Waals surface area contributed by atoms with Crippen molar-refractivity contribution < 1.29 is 219 Å². The molecular formula is C104H148N4Na2O35S4+2. The van der Waals surface area contributed by atoms with E-state index >= 15 is 0 Å². The zero-order valence-electron chi connectivity index (χ0n) is 88.8. The summed E-state index contributed by atoms with van der Waals surface area (Å²) in [4.78, 5) is 26.1. The molecule has 0 fully saturated rings. The summed E-state index contributed by atoms with van der Waals surface area (Å²) in [7, 11) is -9.26. The zero-order valence-corrected chi connectivity index (χ0v) is 96.0. The molecule has 0 spiro atoms. The third-order valence-electron chi connectivity index (χ3n) is 23.9. The maximum absolute atomic E-state index is 12.3. The minimum absolute atomic E-state index is 0. The van der Waals surface area contributed by atoms with Crippen molar-refractivity contribution >= 4 is 75.9 Å². The number of nitrogens with zero attached hydrogens (tertiary/aromatic N) is 4. The van der Waals surface area contributed by atoms with Crippen molar-refractivity contribution in [2.45, 2.75) is 106 Å². The van der Waals surface area contributed by atoms with Crippen LogP contribution in [0.15, 0.2) is 157 Å². The Hall–Kier alpha value is -7.18. The number of anilines is 2. The monoisotopic (exact) mass is 2190 g/mol. The molecule has 45 heteroatoms. The molecule has 2 unspecified atom stereocenters. The molecule has 0 bridgehead atoms. The number of hydrogen-bond acceptors (Lipinski definition) is 35. The first-order chi connectivity index (χ1) is 70.3. The van der Waals surface area contributed by atoms with Gasteiger partial charge in [0, 0.05) is 111 Å². The standard InChI is InChI=1S/C54H74N2O18S2.C50H74N2O17S2.2Na/c1-41-37-43(66-5)13-16-46(41)48-39-44(9-7-10-52-54(2,18-8-11-53(57)58)49-40-45(76(61,62)63)14-17-50(49)56(52)21-24-73-75(6,59)60)74-51-38-42(12-15-47(48)51)55(19-22-67-29-31-71-35-33-69-27-25-64-3)20-23-68-30-32-72-36-34-70-28-26-65-4;1-49(2,3)43-37-40(10-8-11-47-50(4,17-9-12-48(53)54)44-38-41(71(57,58)59)14-16-45(44)52(47)20-23-68-70(7,55)56)69-46-36-39(13-15-42(43)46)51(18-21-62-28-30-66-34-32-64-26-24-60-5)19-22-63-29-31-67-35-33-65-27-25-61-6;;/h7,9-10,12-17,37-40H,8,11,18-36H2,1-6H3,(H-,57,58,61,62,63);8,10-11,13-16,36-38H,9,12,17-35H2,1-7H3,(H-,53,54,57,58,59);;/q;;2*+1. The van der Waals surface area contributed by atoms with Crippen LogP contribution in [0.4, 0.5) is 11.4 Å². The topological polar surface area (TPSA) is 471 Å². The predicted molar refractivity (Wildman–Crippen MR) is 550 cm³/mol. The Labute approximate surface area is 921 Å². The quantitative estimate of drug-likeness (QED) is 0.0179. The number of aryl methyl sites for hydroxylation is 1. The maximum atomic E-state index is 12.3. The first kappa shape index (κ1) is 130. The van der Waals surface area contributed by atoms with Crippen molar-refractivity contribution in [1.82, 2.24) is 9.15 Å². The van der Waals surface area contributed by atoms with Gasteiger partial charge in [-0.05, 0) is 182 Å². The van der Waals surface area contributed by atoms with Crippen molar-refractivity contribution in [2.24, 2.45) is 0 Å². The number of fused-ring (bicyclic) bond motifs is 4. The number of carbonyl (C=O) groups is 2. The molecule has 4 heterocycles. The van der Waals surface area contributed by atoms with Crippen LogP contribution in [0.1, 0.15) is 107 Å². The van der Waals surface area contributed by atoms with Crippen LogP contribution in [0.2, 0.25) is 0 Å². The fourth-order valence-electron chi connectivity index (χ4n) is 16.6. The molecule has 39 nitrogen and oxygen atoms in total. The van der Waals surface area contributed by atoms with Crippen LogP contribution >= 0.6 is 0 Å². The molecule has 4 aliphatic heterocycles. The largest absolute Gasteiger partial charge is 1.00 e. The molecule has 6 aliphatic rings. The van der Waals surface area contributed by atoms with Gasteiger partial charge in [-0.1, -0.05) is 39.0 Å². The van der Waals surface area contributed by atoms with Gasteiger partial charge in [0.2, 0.25) is 10.7 Å². The fraction of sp³-hybridized carbons (Fsp3) is 0.558. The van der Waals surface area contributed by atoms with Crippen molar-refractivity contribution in [1.29, 1.82) is 0 Å². The van der Waals surface area contributed by atoms with Crippen molar-refractivity contribution in [3.05, 3.63) is 183 Å². The number of allylic oxidation sites excluding steroid dienone is 6. The molecule has 2 N–H and O–H groups in total. The van der Waals surface area contributed by atoms with Crippen LogP contribution < -0.4 is 93.5 Å². The summed E-state index contributed by atoms with van der Waals surface area (Å²) in [6.07, 6.45) is 13.2. The zero-order chi connectivity index (χ0) is 107. The van der Waals surface area contributed by atoms with Gasteiger partial charge in [-0.15, -0.1) is 0 Å². The van der Waals surface area contributed by atoms with Crippen molar-refractivity contribution in [3.8, 4) is 39.5 Å². The molecular weight excluding hydrogens is 2040 g/mol. The van der Waals surface area contributed by atoms with Crippen LogP contribution in [0, 0.1) is 6.92 Å². The molecule has 0 aromatic heterocycles. The van der Waals surface area contributed by atoms with Crippen molar-refractivity contribution in [3.63, 3.8) is 0 Å². The number of rotatable bonds is 72. The second-order valence-electron chi connectivity index (χ2n) is 35.8. The summed E-state index contributed by atoms with van der Waals surface area (Å²) in [6, 6.07) is 29.9. The van der Waals surface area contributed by atoms with Crippen LogP contribution in [0.25, 0.3) is 45.9 Å². The van der Waals surface area contributed by atoms with Crippen LogP contribution in [0.5, 0.6) is 5.75 Å². The third kappa shape index (κ3) is 44.9. The number of ether oxygens (including phenoxy) is 17. The van der Waals surface area contributed by atoms with E-state index in [0.717, 1.165) is 56.6 Å². The molecule has 0 radical (unpaired) electrons. The SMILES string of the molecule is COCCOCCOCCOCC[N+](CCOCCOCCOCCOC)=c1ccc2c(-c3ccc(OC)cc3C)cc(/C=C/C=C3/N(CCOS(C)(=O)=O)c4ccc(S(=O)(=O)[O-])cc4C3(C)CCCC(=O)O)oc-2c1.COCCOCCOCCOCC[N+](CCOCCOCCOCCOC)=c1ccc2c(C(C)(C)C)cc(/C=C/C=C3/N(CCOS(C)(=O)=O)c4ccc(S(=O)(=O)[O-])cc4C3(C)CCCC(=O)O)oc-2c1.[Na+].[Na+]. The van der Waals surface area contributed by atoms with E-state index < -0.39 is 73.0 Å². The summed E-state index contributed by atoms with van der Waals surface area (Å²) in [5, 5.41) is 20.9. The summed E-state index contributed by atoms with van der Waals surface area (Å²) in [6.45, 7) is 26.4. The number of aliphatic carboxylic acids is 2. The van der Waals surface area contributed by atoms with Gasteiger partial charge in [-0.2, -0.15) is 16.8 Å². The molecule has 3 aromatic rings. The fourth-order valence-corrected chi connectivity index (χ4v) is 18.4. The number of methoxy groups -OCH3 is 5. The molecule has 9 rings (SSSR count). The molecule has 149 heavy (non-hydrogen) atoms. The van der Waals surface area contributed by atoms with E-state index in [9.17, 15) is 62.6 Å². The van der Waals surface area contributed by atoms with E-state index in [0.29, 0.717) is 274 Å². The van der Waals surface area contributed by atoms with Crippen LogP contribution in [-0.4, -0.2) is 350 Å². The molecule has 0 saturated carbocycles. The van der Waals surface area contributed by atoms with Gasteiger partial charge >= 0.3 is 71.1 Å². The molecule has 2 atom stereocenters. The summed E-state index contributed by atoms with van der Waals surface area (Å²) in [5.74, 6) is 0.892. The summed E-state index contributed by atoms with van der Waals surface area (Å²) in [5.41, 5.74) is 6.44. The van der Waals surface area contributed by atoms with Crippen molar-refractivity contribution in [2.75, 3.05) is 295 Å². The molecule has 3 aromatic carbocycles. The number of benzene rings is 5. The third-order valence-corrected chi connectivity index (χ3v) is 26.8. The van der Waals surface area contributed by atoms with E-state index in [1.165, 1.54) is 36.4 Å². The van der Waals surface area contributed by atoms with E-state index in [-0.39, 0.29) is 129 Å². The van der Waals surface area contributed by atoms with Gasteiger partial charge in [0.05, 0.1) is 213 Å². The predicted octanol–water partition coefficient (Wildman–Crippen LogP) is 4.01. The Balaban J connectivity index is 0.000000450. The Morgan fingerprint density at radius 2 is 0.725 bits per heavy atom. The Bertz CT molecular complexity index is 5920. The summed E-state index contributed by atoms with van der Waals surface area (Å²) >= 11 is 0. The first-order valence-electron chi connectivity index (χ1n) is 48.8. The average molecular weight is 2190 g/mol. The second kappa shape index (κ2) is 67.6. The van der Waals surface area contributed by atoms with Gasteiger partial charge in [0.15, 0.2) is 26.2 Å². The minimum atomic E-state index is -4.88. The van der Waals surface area contributed by atoms with Crippen LogP contribution in [-0.2, 0) is 150 Å². The van der Waals surface area contributed by atoms with Crippen LogP contribution in [0.3, 0.4) is 0 Å². The molecule has 2 aliphatic carbocycles. The molecule has 818 valence electrons. The first-order valence-corrected chi connectivity index (χ1v) is 55.2. The van der Waals surface area contributed by atoms with E-state index in [2.05, 4.69) is 42.1 Å². The average Bonchev–Trinajstić information content (AvgIpc) is 1.58. The van der Waals surface area contributed by atoms with E-state index in [1.54, 1.807) is 75.7 Å². The van der Waals surface area contributed by atoms with E-state index in [4.69, 9.17) is 97.7 Å². The smallest absolute Gasteiger partial charge is 0.744 e. The minimum Gasteiger partial charge on any atom is -0.744 e. The van der Waals surface area contributed by atoms with Gasteiger partial charge in [0.1, 0.15) is 75.5 Å². The van der Waals surface area contributed by atoms with Gasteiger partial charge in [-0.25, -0.2) is 26.0 Å². The normalized spacial score (nSPS) is 15.4. The Kier molecular flexibility index (Phi) is 59.2. The second-order valence-corrected chi connectivity index (χ2v) is 41.9. The Morgan fingerprint density at radius 3 is 1.04 bits per heavy atom. The maximum Gasteiger partial charge on any atom is 1.00 e. The van der Waals surface area contributed by atoms with Gasteiger partial charge in [0.25, 0.3) is 20.2 Å². The summed E-state index contributed by atoms with van der Waals surface area (Å²) < 4.78 is 244. The number of carboxylic acids is 2. The van der Waals surface area contributed by atoms with Gasteiger partial charge in [-0.3, -0.25) is 18.0 Å². The number of carboxylic acid groups (broad SMARTS) is 2. The van der Waals surface area contributed by atoms with Gasteiger partial charge < -0.3 is 118 Å². The molecule has 0 amide bonds. The number of hydrogen-bond donors (Lipinski definition) is 2. The van der Waals surface area contributed by atoms with E-state index in [1.807, 2.05) is 81.4 Å². The molecule has 0 saturated heterocycles.